The van der Waals surface area contributed by atoms with Gasteiger partial charge in [0.1, 0.15) is 25.1 Å². The highest BCUT2D eigenvalue weighted by atomic mass is 16.5. The maximum absolute atomic E-state index is 12.0. The SMILES string of the molecule is Nc1ccccc1C(=O)OCC(O)c1ccc(OCc2ccccc2)cc1. The minimum absolute atomic E-state index is 0.155. The van der Waals surface area contributed by atoms with Gasteiger partial charge >= 0.3 is 5.97 Å². The van der Waals surface area contributed by atoms with Crippen molar-refractivity contribution in [3.63, 3.8) is 0 Å². The molecule has 1 unspecified atom stereocenters. The number of benzene rings is 3. The number of carbonyl (C=O) groups is 1. The molecule has 3 rings (SSSR count). The first-order chi connectivity index (χ1) is 13.1. The van der Waals surface area contributed by atoms with Crippen molar-refractivity contribution >= 4 is 11.7 Å². The van der Waals surface area contributed by atoms with Crippen molar-refractivity contribution in [2.24, 2.45) is 0 Å². The summed E-state index contributed by atoms with van der Waals surface area (Å²) in [6.45, 7) is 0.316. The maximum Gasteiger partial charge on any atom is 0.340 e. The lowest BCUT2D eigenvalue weighted by Crippen LogP contribution is -2.14. The zero-order valence-electron chi connectivity index (χ0n) is 14.7. The number of ether oxygens (including phenoxy) is 2. The van der Waals surface area contributed by atoms with Crippen LogP contribution in [0.15, 0.2) is 78.9 Å². The van der Waals surface area contributed by atoms with Gasteiger partial charge < -0.3 is 20.3 Å². The highest BCUT2D eigenvalue weighted by molar-refractivity contribution is 5.94. The van der Waals surface area contributed by atoms with Gasteiger partial charge in [0.2, 0.25) is 0 Å². The second kappa shape index (κ2) is 8.87. The van der Waals surface area contributed by atoms with E-state index in [1.807, 2.05) is 30.3 Å². The zero-order valence-corrected chi connectivity index (χ0v) is 14.7. The van der Waals surface area contributed by atoms with Gasteiger partial charge in [-0.1, -0.05) is 54.6 Å². The second-order valence-corrected chi connectivity index (χ2v) is 6.04. The monoisotopic (exact) mass is 363 g/mol. The van der Waals surface area contributed by atoms with Gasteiger partial charge in [-0.05, 0) is 35.4 Å². The number of nitrogens with two attached hydrogens (primary N) is 1. The van der Waals surface area contributed by atoms with Gasteiger partial charge in [0.15, 0.2) is 0 Å². The Morgan fingerprint density at radius 2 is 1.59 bits per heavy atom. The number of esters is 1. The molecule has 0 bridgehead atoms. The van der Waals surface area contributed by atoms with E-state index in [4.69, 9.17) is 15.2 Å². The number of anilines is 1. The fourth-order valence-electron chi connectivity index (χ4n) is 2.54. The van der Waals surface area contributed by atoms with Gasteiger partial charge in [0.25, 0.3) is 0 Å². The Morgan fingerprint density at radius 1 is 0.926 bits per heavy atom. The predicted octanol–water partition coefficient (Wildman–Crippen LogP) is 3.74. The van der Waals surface area contributed by atoms with Gasteiger partial charge in [0, 0.05) is 5.69 Å². The van der Waals surface area contributed by atoms with E-state index in [1.165, 1.54) is 0 Å². The molecule has 0 saturated carbocycles. The molecule has 27 heavy (non-hydrogen) atoms. The van der Waals surface area contributed by atoms with Crippen LogP contribution in [-0.2, 0) is 11.3 Å². The molecule has 0 aromatic heterocycles. The first-order valence-electron chi connectivity index (χ1n) is 8.60. The zero-order chi connectivity index (χ0) is 19.1. The van der Waals surface area contributed by atoms with Gasteiger partial charge in [-0.15, -0.1) is 0 Å². The summed E-state index contributed by atoms with van der Waals surface area (Å²) < 4.78 is 10.9. The highest BCUT2D eigenvalue weighted by Crippen LogP contribution is 2.20. The van der Waals surface area contributed by atoms with Crippen LogP contribution in [0.5, 0.6) is 5.75 Å². The fourth-order valence-corrected chi connectivity index (χ4v) is 2.54. The first kappa shape index (κ1) is 18.5. The standard InChI is InChI=1S/C22H21NO4/c23-20-9-5-4-8-19(20)22(25)27-15-21(24)17-10-12-18(13-11-17)26-14-16-6-2-1-3-7-16/h1-13,21,24H,14-15,23H2. The predicted molar refractivity (Wildman–Crippen MR) is 103 cm³/mol. The molecule has 0 radical (unpaired) electrons. The van der Waals surface area contributed by atoms with Gasteiger partial charge in [0.05, 0.1) is 5.56 Å². The van der Waals surface area contributed by atoms with E-state index in [-0.39, 0.29) is 12.2 Å². The molecule has 0 saturated heterocycles. The average Bonchev–Trinajstić information content (AvgIpc) is 2.72. The lowest BCUT2D eigenvalue weighted by molar-refractivity contribution is 0.0255. The summed E-state index contributed by atoms with van der Waals surface area (Å²) in [5.41, 5.74) is 8.09. The summed E-state index contributed by atoms with van der Waals surface area (Å²) in [5.74, 6) is 0.138. The molecule has 1 atom stereocenters. The summed E-state index contributed by atoms with van der Waals surface area (Å²) >= 11 is 0. The molecule has 5 nitrogen and oxygen atoms in total. The number of nitrogen functional groups attached to an aromatic ring is 1. The van der Waals surface area contributed by atoms with Crippen LogP contribution in [-0.4, -0.2) is 17.7 Å². The number of hydrogen-bond acceptors (Lipinski definition) is 5. The van der Waals surface area contributed by atoms with Crippen molar-refractivity contribution in [1.82, 2.24) is 0 Å². The van der Waals surface area contributed by atoms with Crippen LogP contribution in [0, 0.1) is 0 Å². The number of carbonyl (C=O) groups excluding carboxylic acids is 1. The molecule has 0 aliphatic heterocycles. The maximum atomic E-state index is 12.0. The Balaban J connectivity index is 1.52. The third-order valence-corrected chi connectivity index (χ3v) is 4.07. The van der Waals surface area contributed by atoms with E-state index < -0.39 is 12.1 Å². The van der Waals surface area contributed by atoms with E-state index in [2.05, 4.69) is 0 Å². The minimum Gasteiger partial charge on any atom is -0.489 e. The molecule has 138 valence electrons. The minimum atomic E-state index is -0.929. The number of hydrogen-bond donors (Lipinski definition) is 2. The lowest BCUT2D eigenvalue weighted by Gasteiger charge is -2.13. The van der Waals surface area contributed by atoms with E-state index in [0.29, 0.717) is 23.6 Å². The molecule has 0 fully saturated rings. The highest BCUT2D eigenvalue weighted by Gasteiger charge is 2.14. The molecule has 0 spiro atoms. The summed E-state index contributed by atoms with van der Waals surface area (Å²) in [4.78, 5) is 12.0. The van der Waals surface area contributed by atoms with Crippen LogP contribution in [0.3, 0.4) is 0 Å². The Labute approximate surface area is 158 Å². The normalized spacial score (nSPS) is 11.6. The smallest absolute Gasteiger partial charge is 0.340 e. The molecule has 0 aliphatic rings. The number of aliphatic hydroxyl groups excluding tert-OH is 1. The molecule has 3 aromatic carbocycles. The number of rotatable bonds is 7. The first-order valence-corrected chi connectivity index (χ1v) is 8.60. The van der Waals surface area contributed by atoms with Crippen molar-refractivity contribution in [2.45, 2.75) is 12.7 Å². The third kappa shape index (κ3) is 5.09. The Bertz CT molecular complexity index is 878. The van der Waals surface area contributed by atoms with E-state index in [1.54, 1.807) is 48.5 Å². The lowest BCUT2D eigenvalue weighted by atomic mass is 10.1. The molecule has 0 heterocycles. The number of aliphatic hydroxyl groups is 1. The van der Waals surface area contributed by atoms with Gasteiger partial charge in [-0.25, -0.2) is 4.79 Å². The molecule has 3 N–H and O–H groups in total. The second-order valence-electron chi connectivity index (χ2n) is 6.04. The van der Waals surface area contributed by atoms with Gasteiger partial charge in [-0.3, -0.25) is 0 Å². The summed E-state index contributed by atoms with van der Waals surface area (Å²) in [7, 11) is 0. The van der Waals surface area contributed by atoms with Crippen LogP contribution in [0.4, 0.5) is 5.69 Å². The molecule has 0 amide bonds. The summed E-state index contributed by atoms with van der Waals surface area (Å²) in [5, 5.41) is 10.2. The molecule has 3 aromatic rings. The van der Waals surface area contributed by atoms with Crippen molar-refractivity contribution < 1.29 is 19.4 Å². The van der Waals surface area contributed by atoms with E-state index in [9.17, 15) is 9.90 Å². The summed E-state index contributed by atoms with van der Waals surface area (Å²) in [6, 6.07) is 23.6. The third-order valence-electron chi connectivity index (χ3n) is 4.07. The van der Waals surface area contributed by atoms with E-state index >= 15 is 0 Å². The molecule has 5 heteroatoms. The fraction of sp³-hybridized carbons (Fsp3) is 0.136. The quantitative estimate of drug-likeness (QED) is 0.494. The molecular weight excluding hydrogens is 342 g/mol. The van der Waals surface area contributed by atoms with Crippen LogP contribution in [0.25, 0.3) is 0 Å². The number of para-hydroxylation sites is 1. The Kier molecular flexibility index (Phi) is 6.07. The molecular formula is C22H21NO4. The van der Waals surface area contributed by atoms with E-state index in [0.717, 1.165) is 5.56 Å². The van der Waals surface area contributed by atoms with Gasteiger partial charge in [-0.2, -0.15) is 0 Å². The molecule has 0 aliphatic carbocycles. The average molecular weight is 363 g/mol. The van der Waals surface area contributed by atoms with Crippen LogP contribution >= 0.6 is 0 Å². The topological polar surface area (TPSA) is 81.8 Å². The van der Waals surface area contributed by atoms with Crippen molar-refractivity contribution in [2.75, 3.05) is 12.3 Å². The van der Waals surface area contributed by atoms with Crippen molar-refractivity contribution in [3.05, 3.63) is 95.6 Å². The Hall–Kier alpha value is -3.31. The van der Waals surface area contributed by atoms with Crippen molar-refractivity contribution in [1.29, 1.82) is 0 Å². The van der Waals surface area contributed by atoms with Crippen LogP contribution in [0.1, 0.15) is 27.6 Å². The summed E-state index contributed by atoms with van der Waals surface area (Å²) in [6.07, 6.45) is -0.929. The van der Waals surface area contributed by atoms with Crippen LogP contribution in [0.2, 0.25) is 0 Å². The van der Waals surface area contributed by atoms with Crippen LogP contribution < -0.4 is 10.5 Å². The largest absolute Gasteiger partial charge is 0.489 e. The Morgan fingerprint density at radius 3 is 2.30 bits per heavy atom. The van der Waals surface area contributed by atoms with Crippen molar-refractivity contribution in [3.8, 4) is 5.75 Å².